The van der Waals surface area contributed by atoms with Gasteiger partial charge in [0.2, 0.25) is 0 Å². The fraction of sp³-hybridized carbons (Fsp3) is 0.895. The second kappa shape index (κ2) is 8.12. The molecule has 0 spiro atoms. The summed E-state index contributed by atoms with van der Waals surface area (Å²) in [4.78, 5) is 0. The van der Waals surface area contributed by atoms with E-state index in [0.717, 1.165) is 17.8 Å². The van der Waals surface area contributed by atoms with Crippen LogP contribution in [0.4, 0.5) is 0 Å². The Morgan fingerprint density at radius 2 is 1.68 bits per heavy atom. The molecule has 0 heterocycles. The third-order valence-corrected chi connectivity index (χ3v) is 5.41. The number of hydrogen-bond donors (Lipinski definition) is 0. The van der Waals surface area contributed by atoms with Crippen molar-refractivity contribution in [2.24, 2.45) is 17.8 Å². The van der Waals surface area contributed by atoms with E-state index in [1.54, 1.807) is 0 Å². The Bertz CT molecular complexity index is 276. The lowest BCUT2D eigenvalue weighted by Crippen LogP contribution is -2.11. The van der Waals surface area contributed by atoms with Gasteiger partial charge in [-0.25, -0.2) is 0 Å². The van der Waals surface area contributed by atoms with Gasteiger partial charge in [0.05, 0.1) is 0 Å². The zero-order valence-corrected chi connectivity index (χ0v) is 13.3. The summed E-state index contributed by atoms with van der Waals surface area (Å²) in [7, 11) is 0. The van der Waals surface area contributed by atoms with Gasteiger partial charge in [0.25, 0.3) is 0 Å². The average Bonchev–Trinajstić information content (AvgIpc) is 3.04. The van der Waals surface area contributed by atoms with Crippen molar-refractivity contribution in [3.8, 4) is 0 Å². The summed E-state index contributed by atoms with van der Waals surface area (Å²) in [5, 5.41) is 0. The van der Waals surface area contributed by atoms with E-state index < -0.39 is 0 Å². The molecule has 3 atom stereocenters. The van der Waals surface area contributed by atoms with E-state index >= 15 is 0 Å². The zero-order valence-electron chi connectivity index (χ0n) is 13.3. The van der Waals surface area contributed by atoms with Crippen LogP contribution < -0.4 is 0 Å². The van der Waals surface area contributed by atoms with Gasteiger partial charge in [-0.15, -0.1) is 0 Å². The fourth-order valence-corrected chi connectivity index (χ4v) is 4.27. The predicted octanol–water partition coefficient (Wildman–Crippen LogP) is 6.51. The van der Waals surface area contributed by atoms with Crippen molar-refractivity contribution in [1.29, 1.82) is 0 Å². The predicted molar refractivity (Wildman–Crippen MR) is 85.3 cm³/mol. The highest BCUT2D eigenvalue weighted by Crippen LogP contribution is 2.48. The van der Waals surface area contributed by atoms with Crippen molar-refractivity contribution >= 4 is 0 Å². The summed E-state index contributed by atoms with van der Waals surface area (Å²) in [6.45, 7) is 4.65. The summed E-state index contributed by atoms with van der Waals surface area (Å²) in [6.07, 6.45) is 20.2. The molecule has 0 nitrogen and oxygen atoms in total. The first-order chi connectivity index (χ1) is 9.35. The van der Waals surface area contributed by atoms with Gasteiger partial charge in [0, 0.05) is 0 Å². The van der Waals surface area contributed by atoms with Gasteiger partial charge in [-0.1, -0.05) is 70.4 Å². The first-order valence-corrected chi connectivity index (χ1v) is 9.06. The highest BCUT2D eigenvalue weighted by atomic mass is 14.4. The second-order valence-corrected chi connectivity index (χ2v) is 6.98. The molecule has 0 N–H and O–H groups in total. The van der Waals surface area contributed by atoms with Crippen molar-refractivity contribution in [1.82, 2.24) is 0 Å². The van der Waals surface area contributed by atoms with Crippen LogP contribution in [0.2, 0.25) is 0 Å². The first kappa shape index (κ1) is 15.1. The topological polar surface area (TPSA) is 0 Å². The molecule has 0 aromatic heterocycles. The maximum atomic E-state index is 2.69. The van der Waals surface area contributed by atoms with Crippen molar-refractivity contribution < 1.29 is 0 Å². The average molecular weight is 262 g/mol. The van der Waals surface area contributed by atoms with Crippen LogP contribution in [0.15, 0.2) is 11.6 Å². The van der Waals surface area contributed by atoms with E-state index in [2.05, 4.69) is 19.9 Å². The highest BCUT2D eigenvalue weighted by Gasteiger charge is 2.35. The molecule has 3 unspecified atom stereocenters. The Morgan fingerprint density at radius 1 is 0.947 bits per heavy atom. The van der Waals surface area contributed by atoms with Gasteiger partial charge in [-0.3, -0.25) is 0 Å². The Labute approximate surface area is 121 Å². The van der Waals surface area contributed by atoms with E-state index in [4.69, 9.17) is 0 Å². The molecule has 110 valence electrons. The zero-order chi connectivity index (χ0) is 13.5. The number of hydrogen-bond acceptors (Lipinski definition) is 0. The lowest BCUT2D eigenvalue weighted by Gasteiger charge is -2.24. The van der Waals surface area contributed by atoms with Crippen molar-refractivity contribution in [3.05, 3.63) is 11.6 Å². The summed E-state index contributed by atoms with van der Waals surface area (Å²) < 4.78 is 0. The smallest absolute Gasteiger partial charge is 0.0195 e. The third kappa shape index (κ3) is 4.36. The summed E-state index contributed by atoms with van der Waals surface area (Å²) in [5.41, 5.74) is 1.90. The van der Waals surface area contributed by atoms with Gasteiger partial charge in [-0.05, 0) is 49.9 Å². The van der Waals surface area contributed by atoms with Crippen LogP contribution >= 0.6 is 0 Å². The van der Waals surface area contributed by atoms with Crippen molar-refractivity contribution in [2.45, 2.75) is 90.9 Å². The standard InChI is InChI=1S/C19H34/c1-3-5-7-8-9-11-17(10-6-4-2)19-15-16-12-13-18(19)14-16/h15-18H,3-14H2,1-2H3. The Kier molecular flexibility index (Phi) is 6.47. The van der Waals surface area contributed by atoms with Crippen LogP contribution in [0, 0.1) is 17.8 Å². The van der Waals surface area contributed by atoms with Crippen LogP contribution in [0.3, 0.4) is 0 Å². The molecule has 19 heavy (non-hydrogen) atoms. The quantitative estimate of drug-likeness (QED) is 0.311. The molecular weight excluding hydrogens is 228 g/mol. The van der Waals surface area contributed by atoms with Crippen LogP contribution in [-0.4, -0.2) is 0 Å². The van der Waals surface area contributed by atoms with Gasteiger partial charge >= 0.3 is 0 Å². The van der Waals surface area contributed by atoms with Crippen molar-refractivity contribution in [2.75, 3.05) is 0 Å². The third-order valence-electron chi connectivity index (χ3n) is 5.41. The monoisotopic (exact) mass is 262 g/mol. The molecule has 2 aliphatic carbocycles. The van der Waals surface area contributed by atoms with Crippen LogP contribution in [0.1, 0.15) is 90.9 Å². The maximum absolute atomic E-state index is 2.69. The molecule has 0 aliphatic heterocycles. The summed E-state index contributed by atoms with van der Waals surface area (Å²) in [5.74, 6) is 2.93. The molecule has 0 heteroatoms. The maximum Gasteiger partial charge on any atom is -0.0195 e. The molecule has 1 saturated carbocycles. The van der Waals surface area contributed by atoms with E-state index in [1.165, 1.54) is 77.0 Å². The van der Waals surface area contributed by atoms with Crippen LogP contribution in [-0.2, 0) is 0 Å². The van der Waals surface area contributed by atoms with Gasteiger partial charge in [-0.2, -0.15) is 0 Å². The number of unbranched alkanes of at least 4 members (excludes halogenated alkanes) is 5. The fourth-order valence-electron chi connectivity index (χ4n) is 4.27. The SMILES string of the molecule is CCCCCCCC(CCCC)C1=CC2CCC1C2. The molecule has 0 saturated heterocycles. The molecule has 2 bridgehead atoms. The first-order valence-electron chi connectivity index (χ1n) is 9.06. The van der Waals surface area contributed by atoms with E-state index in [-0.39, 0.29) is 0 Å². The molecule has 0 amide bonds. The molecule has 0 aromatic rings. The minimum atomic E-state index is 0.955. The minimum absolute atomic E-state index is 0.955. The lowest BCUT2D eigenvalue weighted by atomic mass is 9.81. The van der Waals surface area contributed by atoms with Crippen LogP contribution in [0.5, 0.6) is 0 Å². The van der Waals surface area contributed by atoms with Gasteiger partial charge in [0.15, 0.2) is 0 Å². The number of rotatable bonds is 10. The van der Waals surface area contributed by atoms with Gasteiger partial charge < -0.3 is 0 Å². The summed E-state index contributed by atoms with van der Waals surface area (Å²) >= 11 is 0. The Hall–Kier alpha value is -0.260. The molecule has 0 radical (unpaired) electrons. The lowest BCUT2D eigenvalue weighted by molar-refractivity contribution is 0.423. The molecular formula is C19H34. The molecule has 1 fully saturated rings. The largest absolute Gasteiger partial charge is 0.0816 e. The van der Waals surface area contributed by atoms with E-state index in [0.29, 0.717) is 0 Å². The second-order valence-electron chi connectivity index (χ2n) is 6.98. The number of fused-ring (bicyclic) bond motifs is 2. The normalized spacial score (nSPS) is 26.7. The van der Waals surface area contributed by atoms with E-state index in [1.807, 2.05) is 5.57 Å². The summed E-state index contributed by atoms with van der Waals surface area (Å²) in [6, 6.07) is 0. The minimum Gasteiger partial charge on any atom is -0.0816 e. The molecule has 0 aromatic carbocycles. The molecule has 2 aliphatic rings. The van der Waals surface area contributed by atoms with Crippen molar-refractivity contribution in [3.63, 3.8) is 0 Å². The van der Waals surface area contributed by atoms with Gasteiger partial charge in [0.1, 0.15) is 0 Å². The Balaban J connectivity index is 1.77. The van der Waals surface area contributed by atoms with Crippen LogP contribution in [0.25, 0.3) is 0 Å². The highest BCUT2D eigenvalue weighted by molar-refractivity contribution is 5.22. The number of allylic oxidation sites excluding steroid dienone is 2. The molecule has 2 rings (SSSR count). The van der Waals surface area contributed by atoms with E-state index in [9.17, 15) is 0 Å². The Morgan fingerprint density at radius 3 is 2.32 bits per heavy atom.